The lowest BCUT2D eigenvalue weighted by Crippen LogP contribution is -1.85. The van der Waals surface area contributed by atoms with E-state index in [1.165, 1.54) is 0 Å². The van der Waals surface area contributed by atoms with E-state index in [1.807, 2.05) is 24.3 Å². The molecule has 14 heavy (non-hydrogen) atoms. The third-order valence-corrected chi connectivity index (χ3v) is 2.87. The minimum Gasteiger partial charge on any atom is -0.390 e. The number of aliphatic hydroxyl groups excluding tert-OH is 1. The van der Waals surface area contributed by atoms with Gasteiger partial charge in [-0.3, -0.25) is 0 Å². The Morgan fingerprint density at radius 3 is 2.79 bits per heavy atom. The van der Waals surface area contributed by atoms with E-state index in [-0.39, 0.29) is 6.61 Å². The summed E-state index contributed by atoms with van der Waals surface area (Å²) in [6.07, 6.45) is 1.65. The number of halogens is 1. The molecular formula is C10H9IN2O. The molecule has 0 amide bonds. The van der Waals surface area contributed by atoms with Crippen LogP contribution in [-0.2, 0) is 6.61 Å². The molecule has 72 valence electrons. The fraction of sp³-hybridized carbons (Fsp3) is 0.100. The van der Waals surface area contributed by atoms with Crippen LogP contribution in [0.2, 0.25) is 0 Å². The minimum atomic E-state index is -0.00356. The average Bonchev–Trinajstić information content (AvgIpc) is 2.67. The Bertz CT molecular complexity index is 439. The van der Waals surface area contributed by atoms with Crippen molar-refractivity contribution in [1.29, 1.82) is 0 Å². The van der Waals surface area contributed by atoms with E-state index in [9.17, 15) is 0 Å². The highest BCUT2D eigenvalue weighted by atomic mass is 127. The van der Waals surface area contributed by atoms with Gasteiger partial charge >= 0.3 is 0 Å². The largest absolute Gasteiger partial charge is 0.390 e. The molecule has 0 unspecified atom stereocenters. The van der Waals surface area contributed by atoms with Crippen molar-refractivity contribution in [2.75, 3.05) is 0 Å². The highest BCUT2D eigenvalue weighted by Crippen LogP contribution is 2.21. The van der Waals surface area contributed by atoms with Crippen molar-refractivity contribution < 1.29 is 5.11 Å². The molecule has 1 aromatic carbocycles. The molecule has 0 radical (unpaired) electrons. The van der Waals surface area contributed by atoms with Gasteiger partial charge < -0.3 is 10.1 Å². The van der Waals surface area contributed by atoms with Crippen molar-refractivity contribution >= 4 is 22.6 Å². The first-order valence-corrected chi connectivity index (χ1v) is 5.29. The van der Waals surface area contributed by atoms with Crippen LogP contribution in [0.15, 0.2) is 30.5 Å². The maximum atomic E-state index is 8.89. The average molecular weight is 300 g/mol. The van der Waals surface area contributed by atoms with E-state index < -0.39 is 0 Å². The van der Waals surface area contributed by atoms with E-state index in [4.69, 9.17) is 5.11 Å². The first kappa shape index (κ1) is 9.67. The van der Waals surface area contributed by atoms with Crippen molar-refractivity contribution in [3.05, 3.63) is 39.7 Å². The Labute approximate surface area is 95.3 Å². The van der Waals surface area contributed by atoms with Crippen LogP contribution in [0.4, 0.5) is 0 Å². The zero-order valence-corrected chi connectivity index (χ0v) is 9.52. The minimum absolute atomic E-state index is 0.00356. The van der Waals surface area contributed by atoms with Crippen LogP contribution < -0.4 is 0 Å². The Balaban J connectivity index is 2.44. The van der Waals surface area contributed by atoms with E-state index in [0.29, 0.717) is 0 Å². The summed E-state index contributed by atoms with van der Waals surface area (Å²) >= 11 is 2.26. The molecule has 0 fully saturated rings. The molecule has 0 aliphatic rings. The summed E-state index contributed by atoms with van der Waals surface area (Å²) in [7, 11) is 0. The first-order valence-electron chi connectivity index (χ1n) is 4.21. The summed E-state index contributed by atoms with van der Waals surface area (Å²) in [5, 5.41) is 8.89. The maximum absolute atomic E-state index is 8.89. The Morgan fingerprint density at radius 2 is 2.14 bits per heavy atom. The van der Waals surface area contributed by atoms with Crippen LogP contribution in [0, 0.1) is 3.57 Å². The van der Waals surface area contributed by atoms with Crippen LogP contribution in [0.25, 0.3) is 11.4 Å². The molecule has 0 saturated carbocycles. The summed E-state index contributed by atoms with van der Waals surface area (Å²) in [4.78, 5) is 7.25. The molecule has 0 aliphatic heterocycles. The fourth-order valence-electron chi connectivity index (χ4n) is 1.23. The number of hydrogen-bond donors (Lipinski definition) is 2. The number of benzene rings is 1. The smallest absolute Gasteiger partial charge is 0.138 e. The van der Waals surface area contributed by atoms with Gasteiger partial charge in [-0.15, -0.1) is 0 Å². The van der Waals surface area contributed by atoms with Gasteiger partial charge in [0.2, 0.25) is 0 Å². The van der Waals surface area contributed by atoms with Gasteiger partial charge in [0.25, 0.3) is 0 Å². The number of aromatic amines is 1. The van der Waals surface area contributed by atoms with Crippen LogP contribution in [-0.4, -0.2) is 15.1 Å². The van der Waals surface area contributed by atoms with Crippen molar-refractivity contribution in [2.24, 2.45) is 0 Å². The van der Waals surface area contributed by atoms with Gasteiger partial charge in [0.05, 0.1) is 18.5 Å². The summed E-state index contributed by atoms with van der Waals surface area (Å²) in [6, 6.07) is 7.98. The molecule has 1 heterocycles. The van der Waals surface area contributed by atoms with Gasteiger partial charge in [0, 0.05) is 9.13 Å². The second-order valence-electron chi connectivity index (χ2n) is 2.90. The van der Waals surface area contributed by atoms with Crippen LogP contribution in [0.5, 0.6) is 0 Å². The topological polar surface area (TPSA) is 48.9 Å². The van der Waals surface area contributed by atoms with Gasteiger partial charge in [-0.1, -0.05) is 18.2 Å². The lowest BCUT2D eigenvalue weighted by molar-refractivity contribution is 0.277. The number of H-pyrrole nitrogens is 1. The molecule has 0 spiro atoms. The monoisotopic (exact) mass is 300 g/mol. The predicted molar refractivity (Wildman–Crippen MR) is 62.7 cm³/mol. The van der Waals surface area contributed by atoms with Crippen molar-refractivity contribution in [1.82, 2.24) is 9.97 Å². The molecule has 2 N–H and O–H groups in total. The Kier molecular flexibility index (Phi) is 2.83. The predicted octanol–water partition coefficient (Wildman–Crippen LogP) is 2.17. The summed E-state index contributed by atoms with van der Waals surface area (Å²) < 4.78 is 1.14. The van der Waals surface area contributed by atoms with E-state index >= 15 is 0 Å². The second-order valence-corrected chi connectivity index (χ2v) is 4.06. The zero-order chi connectivity index (χ0) is 9.97. The van der Waals surface area contributed by atoms with E-state index in [1.54, 1.807) is 6.20 Å². The quantitative estimate of drug-likeness (QED) is 0.835. The van der Waals surface area contributed by atoms with Crippen LogP contribution in [0.1, 0.15) is 5.69 Å². The third kappa shape index (κ3) is 1.80. The number of nitrogens with zero attached hydrogens (tertiary/aromatic N) is 1. The lowest BCUT2D eigenvalue weighted by Gasteiger charge is -1.99. The molecule has 0 atom stereocenters. The standard InChI is InChI=1S/C10H9IN2O/c11-9-4-2-1-3-8(9)10-12-5-7(6-14)13-10/h1-5,14H,6H2,(H,12,13). The molecule has 2 rings (SSSR count). The number of aromatic nitrogens is 2. The normalized spacial score (nSPS) is 10.4. The summed E-state index contributed by atoms with van der Waals surface area (Å²) in [5.74, 6) is 0.805. The molecule has 1 aromatic heterocycles. The summed E-state index contributed by atoms with van der Waals surface area (Å²) in [5.41, 5.74) is 1.80. The highest BCUT2D eigenvalue weighted by Gasteiger charge is 2.05. The summed E-state index contributed by atoms with van der Waals surface area (Å²) in [6.45, 7) is -0.00356. The lowest BCUT2D eigenvalue weighted by atomic mass is 10.2. The molecular weight excluding hydrogens is 291 g/mol. The van der Waals surface area contributed by atoms with E-state index in [0.717, 1.165) is 20.7 Å². The zero-order valence-electron chi connectivity index (χ0n) is 7.37. The highest BCUT2D eigenvalue weighted by molar-refractivity contribution is 14.1. The number of imidazole rings is 1. The number of hydrogen-bond acceptors (Lipinski definition) is 2. The fourth-order valence-corrected chi connectivity index (χ4v) is 1.87. The Morgan fingerprint density at radius 1 is 1.36 bits per heavy atom. The Hall–Kier alpha value is -0.880. The number of rotatable bonds is 2. The molecule has 3 nitrogen and oxygen atoms in total. The van der Waals surface area contributed by atoms with Crippen molar-refractivity contribution in [3.8, 4) is 11.4 Å². The van der Waals surface area contributed by atoms with Crippen LogP contribution >= 0.6 is 22.6 Å². The van der Waals surface area contributed by atoms with Crippen LogP contribution in [0.3, 0.4) is 0 Å². The van der Waals surface area contributed by atoms with Gasteiger partial charge in [0.1, 0.15) is 5.82 Å². The van der Waals surface area contributed by atoms with Gasteiger partial charge in [-0.2, -0.15) is 0 Å². The molecule has 4 heteroatoms. The maximum Gasteiger partial charge on any atom is 0.138 e. The van der Waals surface area contributed by atoms with Gasteiger partial charge in [-0.25, -0.2) is 4.98 Å². The van der Waals surface area contributed by atoms with Crippen molar-refractivity contribution in [2.45, 2.75) is 6.61 Å². The SMILES string of the molecule is OCc1cnc(-c2ccccc2I)[nH]1. The molecule has 2 aromatic rings. The van der Waals surface area contributed by atoms with Gasteiger partial charge in [0.15, 0.2) is 0 Å². The van der Waals surface area contributed by atoms with Gasteiger partial charge in [-0.05, 0) is 28.7 Å². The first-order chi connectivity index (χ1) is 6.81. The number of aliphatic hydroxyl groups is 1. The molecule has 0 saturated heterocycles. The molecule has 0 bridgehead atoms. The number of nitrogens with one attached hydrogen (secondary N) is 1. The third-order valence-electron chi connectivity index (χ3n) is 1.93. The second kappa shape index (κ2) is 4.10. The van der Waals surface area contributed by atoms with E-state index in [2.05, 4.69) is 32.6 Å². The van der Waals surface area contributed by atoms with Crippen molar-refractivity contribution in [3.63, 3.8) is 0 Å². The molecule has 0 aliphatic carbocycles.